The van der Waals surface area contributed by atoms with Crippen molar-refractivity contribution in [2.24, 2.45) is 0 Å². The van der Waals surface area contributed by atoms with Crippen LogP contribution in [0.1, 0.15) is 25.3 Å². The highest BCUT2D eigenvalue weighted by molar-refractivity contribution is 6.30. The average molecular weight is 389 g/mol. The van der Waals surface area contributed by atoms with E-state index in [1.807, 2.05) is 18.2 Å². The van der Waals surface area contributed by atoms with Gasteiger partial charge in [0.2, 0.25) is 5.95 Å². The molecule has 1 aliphatic rings. The minimum absolute atomic E-state index is 0.251. The highest BCUT2D eigenvalue weighted by Crippen LogP contribution is 2.20. The van der Waals surface area contributed by atoms with E-state index < -0.39 is 0 Å². The first-order chi connectivity index (χ1) is 13.0. The first-order valence-corrected chi connectivity index (χ1v) is 9.44. The third-order valence-corrected chi connectivity index (χ3v) is 4.77. The number of benzene rings is 1. The van der Waals surface area contributed by atoms with Crippen LogP contribution >= 0.6 is 11.6 Å². The van der Waals surface area contributed by atoms with Crippen molar-refractivity contribution in [2.75, 3.05) is 42.2 Å². The van der Waals surface area contributed by atoms with Crippen molar-refractivity contribution in [2.45, 2.75) is 25.9 Å². The van der Waals surface area contributed by atoms with Crippen LogP contribution in [0, 0.1) is 5.41 Å². The van der Waals surface area contributed by atoms with E-state index in [2.05, 4.69) is 20.2 Å². The molecule has 7 nitrogen and oxygen atoms in total. The van der Waals surface area contributed by atoms with E-state index in [4.69, 9.17) is 27.5 Å². The molecule has 0 amide bonds. The van der Waals surface area contributed by atoms with E-state index in [9.17, 15) is 0 Å². The maximum absolute atomic E-state index is 7.76. The summed E-state index contributed by atoms with van der Waals surface area (Å²) in [6.07, 6.45) is 5.40. The van der Waals surface area contributed by atoms with Gasteiger partial charge in [-0.2, -0.15) is 0 Å². The van der Waals surface area contributed by atoms with E-state index in [0.29, 0.717) is 29.6 Å². The van der Waals surface area contributed by atoms with Crippen molar-refractivity contribution >= 4 is 34.6 Å². The number of halogens is 1. The van der Waals surface area contributed by atoms with Crippen molar-refractivity contribution in [1.29, 1.82) is 5.41 Å². The summed E-state index contributed by atoms with van der Waals surface area (Å²) in [4.78, 5) is 10.7. The fourth-order valence-electron chi connectivity index (χ4n) is 3.10. The number of nitrogens with two attached hydrogens (primary N) is 1. The molecule has 3 rings (SSSR count). The Bertz CT molecular complexity index is 774. The van der Waals surface area contributed by atoms with Gasteiger partial charge in [0.25, 0.3) is 0 Å². The number of piperidine rings is 1. The molecule has 144 valence electrons. The second-order valence-electron chi connectivity index (χ2n) is 6.61. The number of nitrogens with one attached hydrogen (secondary N) is 2. The Balaban J connectivity index is 1.39. The summed E-state index contributed by atoms with van der Waals surface area (Å²) in [6.45, 7) is 4.83. The van der Waals surface area contributed by atoms with E-state index in [-0.39, 0.29) is 6.10 Å². The van der Waals surface area contributed by atoms with Crippen LogP contribution in [0.2, 0.25) is 5.02 Å². The maximum atomic E-state index is 7.76. The van der Waals surface area contributed by atoms with Crippen molar-refractivity contribution in [3.05, 3.63) is 41.2 Å². The number of rotatable bonds is 7. The van der Waals surface area contributed by atoms with Crippen molar-refractivity contribution in [3.8, 4) is 0 Å². The Morgan fingerprint density at radius 2 is 2.04 bits per heavy atom. The molecule has 27 heavy (non-hydrogen) atoms. The fraction of sp³-hybridized carbons (Fsp3) is 0.421. The van der Waals surface area contributed by atoms with Crippen LogP contribution < -0.4 is 16.0 Å². The summed E-state index contributed by atoms with van der Waals surface area (Å²) in [5.74, 6) is 0.722. The van der Waals surface area contributed by atoms with Crippen molar-refractivity contribution in [1.82, 2.24) is 9.97 Å². The van der Waals surface area contributed by atoms with Crippen LogP contribution in [0.15, 0.2) is 30.6 Å². The van der Waals surface area contributed by atoms with Gasteiger partial charge >= 0.3 is 0 Å². The predicted octanol–water partition coefficient (Wildman–Crippen LogP) is 3.20. The summed E-state index contributed by atoms with van der Waals surface area (Å²) < 4.78 is 5.99. The summed E-state index contributed by atoms with van der Waals surface area (Å²) in [7, 11) is 0. The topological polar surface area (TPSA) is 100 Å². The number of nitrogens with zero attached hydrogens (tertiary/aromatic N) is 3. The second-order valence-corrected chi connectivity index (χ2v) is 7.05. The maximum Gasteiger partial charge on any atom is 0.225 e. The first kappa shape index (κ1) is 19.4. The smallest absolute Gasteiger partial charge is 0.225 e. The highest BCUT2D eigenvalue weighted by Gasteiger charge is 2.21. The summed E-state index contributed by atoms with van der Waals surface area (Å²) >= 11 is 5.83. The summed E-state index contributed by atoms with van der Waals surface area (Å²) in [5, 5.41) is 11.6. The molecule has 2 aromatic rings. The van der Waals surface area contributed by atoms with Gasteiger partial charge in [-0.15, -0.1) is 0 Å². The van der Waals surface area contributed by atoms with Gasteiger partial charge in [-0.25, -0.2) is 9.97 Å². The van der Waals surface area contributed by atoms with Crippen molar-refractivity contribution in [3.63, 3.8) is 0 Å². The average Bonchev–Trinajstić information content (AvgIpc) is 2.67. The van der Waals surface area contributed by atoms with E-state index >= 15 is 0 Å². The molecule has 0 unspecified atom stereocenters. The molecular weight excluding hydrogens is 364 g/mol. The van der Waals surface area contributed by atoms with Gasteiger partial charge in [-0.05, 0) is 38.0 Å². The Morgan fingerprint density at radius 1 is 1.33 bits per heavy atom. The normalized spacial score (nSPS) is 15.0. The molecule has 1 aromatic carbocycles. The van der Waals surface area contributed by atoms with Gasteiger partial charge < -0.3 is 26.1 Å². The number of nitrogen functional groups attached to an aromatic ring is 1. The third-order valence-electron chi connectivity index (χ3n) is 4.57. The SMILES string of the molecule is CC(=N)c1cc(NCCOC2CCN(c3ncc(Cl)cn3)CC2)ccc1N. The fourth-order valence-corrected chi connectivity index (χ4v) is 3.20. The lowest BCUT2D eigenvalue weighted by molar-refractivity contribution is 0.0435. The van der Waals surface area contributed by atoms with E-state index in [1.165, 1.54) is 0 Å². The minimum atomic E-state index is 0.251. The van der Waals surface area contributed by atoms with Gasteiger partial charge in [-0.1, -0.05) is 11.6 Å². The Labute approximate surface area is 164 Å². The lowest BCUT2D eigenvalue weighted by Gasteiger charge is -2.31. The molecule has 1 aliphatic heterocycles. The first-order valence-electron chi connectivity index (χ1n) is 9.06. The number of hydrogen-bond acceptors (Lipinski definition) is 7. The molecule has 0 aliphatic carbocycles. The van der Waals surface area contributed by atoms with Crippen LogP contribution in [-0.2, 0) is 4.74 Å². The zero-order valence-electron chi connectivity index (χ0n) is 15.4. The second kappa shape index (κ2) is 9.01. The predicted molar refractivity (Wildman–Crippen MR) is 110 cm³/mol. The molecule has 0 atom stereocenters. The molecule has 8 heteroatoms. The molecule has 0 spiro atoms. The number of hydrogen-bond donors (Lipinski definition) is 3. The molecule has 4 N–H and O–H groups in total. The van der Waals surface area contributed by atoms with Gasteiger partial charge in [0.05, 0.1) is 30.1 Å². The Hall–Kier alpha value is -2.38. The summed E-state index contributed by atoms with van der Waals surface area (Å²) in [6, 6.07) is 5.65. The molecular formula is C19H25ClN6O. The molecule has 2 heterocycles. The van der Waals surface area contributed by atoms with Crippen molar-refractivity contribution < 1.29 is 4.74 Å². The highest BCUT2D eigenvalue weighted by atomic mass is 35.5. The largest absolute Gasteiger partial charge is 0.398 e. The van der Waals surface area contributed by atoms with Gasteiger partial charge in [0.1, 0.15) is 0 Å². The minimum Gasteiger partial charge on any atom is -0.398 e. The van der Waals surface area contributed by atoms with Gasteiger partial charge in [0, 0.05) is 42.3 Å². The number of aromatic nitrogens is 2. The molecule has 1 fully saturated rings. The Kier molecular flexibility index (Phi) is 6.47. The van der Waals surface area contributed by atoms with Gasteiger partial charge in [0.15, 0.2) is 0 Å². The van der Waals surface area contributed by atoms with Crippen LogP contribution in [0.4, 0.5) is 17.3 Å². The quantitative estimate of drug-likeness (QED) is 0.382. The molecule has 0 saturated carbocycles. The van der Waals surface area contributed by atoms with E-state index in [1.54, 1.807) is 19.3 Å². The number of anilines is 3. The standard InChI is InChI=1S/C19H25ClN6O/c1-13(21)17-10-15(2-3-18(17)22)23-6-9-27-16-4-7-26(8-5-16)19-24-11-14(20)12-25-19/h2-3,10-12,16,21,23H,4-9,22H2,1H3. The lowest BCUT2D eigenvalue weighted by atomic mass is 10.1. The van der Waals surface area contributed by atoms with E-state index in [0.717, 1.165) is 43.1 Å². The molecule has 0 bridgehead atoms. The van der Waals surface area contributed by atoms with Crippen LogP contribution in [0.5, 0.6) is 0 Å². The number of ether oxygens (including phenoxy) is 1. The van der Waals surface area contributed by atoms with Crippen LogP contribution in [0.25, 0.3) is 0 Å². The zero-order valence-corrected chi connectivity index (χ0v) is 16.2. The molecule has 1 saturated heterocycles. The van der Waals surface area contributed by atoms with Crippen LogP contribution in [-0.4, -0.2) is 48.0 Å². The molecule has 1 aromatic heterocycles. The third kappa shape index (κ3) is 5.30. The lowest BCUT2D eigenvalue weighted by Crippen LogP contribution is -2.38. The zero-order chi connectivity index (χ0) is 19.2. The summed E-state index contributed by atoms with van der Waals surface area (Å²) in [5.41, 5.74) is 8.69. The monoisotopic (exact) mass is 388 g/mol. The van der Waals surface area contributed by atoms with Crippen LogP contribution in [0.3, 0.4) is 0 Å². The van der Waals surface area contributed by atoms with Gasteiger partial charge in [-0.3, -0.25) is 0 Å². The Morgan fingerprint density at radius 3 is 2.70 bits per heavy atom. The molecule has 0 radical (unpaired) electrons.